The molecule has 0 aliphatic heterocycles. The average molecular weight is 296 g/mol. The molecule has 6 heteroatoms. The summed E-state index contributed by atoms with van der Waals surface area (Å²) in [4.78, 5) is 4.32. The molecule has 20 heavy (non-hydrogen) atoms. The third-order valence-electron chi connectivity index (χ3n) is 2.96. The number of nitrogens with one attached hydrogen (secondary N) is 1. The third kappa shape index (κ3) is 3.23. The van der Waals surface area contributed by atoms with Gasteiger partial charge in [0.1, 0.15) is 5.75 Å². The Morgan fingerprint density at radius 1 is 1.40 bits per heavy atom. The van der Waals surface area contributed by atoms with Crippen molar-refractivity contribution in [2.75, 3.05) is 26.1 Å². The molecule has 108 valence electrons. The number of hydrogen-bond donors (Lipinski definition) is 1. The lowest BCUT2D eigenvalue weighted by Gasteiger charge is -2.17. The van der Waals surface area contributed by atoms with Gasteiger partial charge >= 0.3 is 0 Å². The van der Waals surface area contributed by atoms with Gasteiger partial charge in [-0.25, -0.2) is 4.98 Å². The minimum absolute atomic E-state index is 0.176. The number of imidazole rings is 1. The molecule has 2 rings (SSSR count). The normalized spacial score (nSPS) is 12.2. The summed E-state index contributed by atoms with van der Waals surface area (Å²) in [6.07, 6.45) is 3.65. The summed E-state index contributed by atoms with van der Waals surface area (Å²) in [7, 11) is 3.30. The van der Waals surface area contributed by atoms with Crippen LogP contribution in [0.5, 0.6) is 5.75 Å². The van der Waals surface area contributed by atoms with Crippen molar-refractivity contribution in [1.82, 2.24) is 9.55 Å². The minimum atomic E-state index is 0.176. The SMILES string of the molecule is COCC(C)n1ccnc1Nc1cc(Cl)ccc1OC. The van der Waals surface area contributed by atoms with Crippen LogP contribution in [0.15, 0.2) is 30.6 Å². The van der Waals surface area contributed by atoms with Gasteiger partial charge in [0.25, 0.3) is 0 Å². The summed E-state index contributed by atoms with van der Waals surface area (Å²) in [5.74, 6) is 1.43. The predicted octanol–water partition coefficient (Wildman–Crippen LogP) is 3.50. The van der Waals surface area contributed by atoms with Crippen molar-refractivity contribution in [3.05, 3.63) is 35.6 Å². The molecule has 0 amide bonds. The van der Waals surface area contributed by atoms with E-state index in [0.717, 1.165) is 11.6 Å². The van der Waals surface area contributed by atoms with E-state index in [-0.39, 0.29) is 6.04 Å². The van der Waals surface area contributed by atoms with E-state index in [4.69, 9.17) is 21.1 Å². The highest BCUT2D eigenvalue weighted by Gasteiger charge is 2.12. The molecule has 0 fully saturated rings. The molecule has 1 unspecified atom stereocenters. The molecule has 0 radical (unpaired) electrons. The first kappa shape index (κ1) is 14.7. The quantitative estimate of drug-likeness (QED) is 0.886. The number of ether oxygens (including phenoxy) is 2. The van der Waals surface area contributed by atoms with Crippen molar-refractivity contribution in [2.45, 2.75) is 13.0 Å². The van der Waals surface area contributed by atoms with Crippen LogP contribution in [0.25, 0.3) is 0 Å². The summed E-state index contributed by atoms with van der Waals surface area (Å²) in [5.41, 5.74) is 0.775. The fraction of sp³-hybridized carbons (Fsp3) is 0.357. The van der Waals surface area contributed by atoms with Gasteiger partial charge in [-0.1, -0.05) is 11.6 Å². The summed E-state index contributed by atoms with van der Waals surface area (Å²) in [5, 5.41) is 3.87. The van der Waals surface area contributed by atoms with E-state index >= 15 is 0 Å². The zero-order chi connectivity index (χ0) is 14.5. The van der Waals surface area contributed by atoms with Gasteiger partial charge in [0.15, 0.2) is 0 Å². The number of hydrogen-bond acceptors (Lipinski definition) is 4. The number of aromatic nitrogens is 2. The number of anilines is 2. The van der Waals surface area contributed by atoms with Crippen LogP contribution in [0.3, 0.4) is 0 Å². The Bertz CT molecular complexity index is 571. The zero-order valence-electron chi connectivity index (χ0n) is 11.8. The molecular formula is C14H18ClN3O2. The molecule has 5 nitrogen and oxygen atoms in total. The van der Waals surface area contributed by atoms with E-state index < -0.39 is 0 Å². The fourth-order valence-corrected chi connectivity index (χ4v) is 2.16. The first-order chi connectivity index (χ1) is 9.65. The Morgan fingerprint density at radius 2 is 2.20 bits per heavy atom. The maximum Gasteiger partial charge on any atom is 0.207 e. The van der Waals surface area contributed by atoms with E-state index in [1.165, 1.54) is 0 Å². The summed E-state index contributed by atoms with van der Waals surface area (Å²) >= 11 is 6.02. The fourth-order valence-electron chi connectivity index (χ4n) is 1.99. The van der Waals surface area contributed by atoms with Crippen LogP contribution < -0.4 is 10.1 Å². The number of halogens is 1. The molecule has 1 aromatic heterocycles. The number of nitrogens with zero attached hydrogens (tertiary/aromatic N) is 2. The van der Waals surface area contributed by atoms with E-state index in [1.807, 2.05) is 16.8 Å². The maximum atomic E-state index is 6.02. The lowest BCUT2D eigenvalue weighted by atomic mass is 10.3. The third-order valence-corrected chi connectivity index (χ3v) is 3.19. The monoisotopic (exact) mass is 295 g/mol. The van der Waals surface area contributed by atoms with Gasteiger partial charge in [-0.05, 0) is 25.1 Å². The summed E-state index contributed by atoms with van der Waals surface area (Å²) in [6, 6.07) is 5.58. The molecule has 1 atom stereocenters. The van der Waals surface area contributed by atoms with Crippen molar-refractivity contribution < 1.29 is 9.47 Å². The van der Waals surface area contributed by atoms with Crippen molar-refractivity contribution in [2.24, 2.45) is 0 Å². The lowest BCUT2D eigenvalue weighted by Crippen LogP contribution is -2.13. The molecule has 0 aliphatic rings. The minimum Gasteiger partial charge on any atom is -0.495 e. The Balaban J connectivity index is 2.26. The molecule has 0 spiro atoms. The molecule has 1 heterocycles. The molecule has 1 aromatic carbocycles. The van der Waals surface area contributed by atoms with E-state index in [1.54, 1.807) is 32.5 Å². The van der Waals surface area contributed by atoms with Gasteiger partial charge < -0.3 is 19.4 Å². The second-order valence-corrected chi connectivity index (χ2v) is 4.87. The largest absolute Gasteiger partial charge is 0.495 e. The number of rotatable bonds is 6. The Kier molecular flexibility index (Phi) is 4.87. The summed E-state index contributed by atoms with van der Waals surface area (Å²) < 4.78 is 12.5. The number of methoxy groups -OCH3 is 2. The molecule has 1 N–H and O–H groups in total. The first-order valence-electron chi connectivity index (χ1n) is 6.28. The molecule has 0 bridgehead atoms. The standard InChI is InChI=1S/C14H18ClN3O2/c1-10(9-19-2)18-7-6-16-14(18)17-12-8-11(15)4-5-13(12)20-3/h4-8,10H,9H2,1-3H3,(H,16,17). The first-order valence-corrected chi connectivity index (χ1v) is 6.66. The van der Waals surface area contributed by atoms with Crippen LogP contribution in [0.1, 0.15) is 13.0 Å². The molecule has 0 aliphatic carbocycles. The highest BCUT2D eigenvalue weighted by molar-refractivity contribution is 6.30. The van der Waals surface area contributed by atoms with E-state index in [0.29, 0.717) is 17.4 Å². The van der Waals surface area contributed by atoms with Crippen LogP contribution in [0, 0.1) is 0 Å². The average Bonchev–Trinajstić information content (AvgIpc) is 2.87. The summed E-state index contributed by atoms with van der Waals surface area (Å²) in [6.45, 7) is 2.67. The molecular weight excluding hydrogens is 278 g/mol. The number of benzene rings is 1. The van der Waals surface area contributed by atoms with Crippen LogP contribution in [0.4, 0.5) is 11.6 Å². The second kappa shape index (κ2) is 6.63. The Morgan fingerprint density at radius 3 is 2.90 bits per heavy atom. The van der Waals surface area contributed by atoms with Crippen LogP contribution >= 0.6 is 11.6 Å². The van der Waals surface area contributed by atoms with E-state index in [9.17, 15) is 0 Å². The van der Waals surface area contributed by atoms with Gasteiger partial charge in [0.2, 0.25) is 5.95 Å². The van der Waals surface area contributed by atoms with Crippen molar-refractivity contribution in [3.63, 3.8) is 0 Å². The van der Waals surface area contributed by atoms with Crippen LogP contribution in [0.2, 0.25) is 5.02 Å². The molecule has 0 saturated carbocycles. The second-order valence-electron chi connectivity index (χ2n) is 4.43. The Labute approximate surface area is 123 Å². The van der Waals surface area contributed by atoms with Gasteiger partial charge in [0, 0.05) is 24.5 Å². The van der Waals surface area contributed by atoms with Gasteiger partial charge in [-0.3, -0.25) is 0 Å². The van der Waals surface area contributed by atoms with Gasteiger partial charge in [0.05, 0.1) is 25.4 Å². The highest BCUT2D eigenvalue weighted by Crippen LogP contribution is 2.30. The lowest BCUT2D eigenvalue weighted by molar-refractivity contribution is 0.163. The smallest absolute Gasteiger partial charge is 0.207 e. The van der Waals surface area contributed by atoms with Crippen LogP contribution in [-0.4, -0.2) is 30.4 Å². The molecule has 2 aromatic rings. The van der Waals surface area contributed by atoms with E-state index in [2.05, 4.69) is 17.2 Å². The Hall–Kier alpha value is -1.72. The van der Waals surface area contributed by atoms with Crippen molar-refractivity contribution >= 4 is 23.2 Å². The van der Waals surface area contributed by atoms with Crippen LogP contribution in [-0.2, 0) is 4.74 Å². The van der Waals surface area contributed by atoms with Crippen molar-refractivity contribution in [3.8, 4) is 5.75 Å². The maximum absolute atomic E-state index is 6.02. The molecule has 0 saturated heterocycles. The highest BCUT2D eigenvalue weighted by atomic mass is 35.5. The topological polar surface area (TPSA) is 48.3 Å². The zero-order valence-corrected chi connectivity index (χ0v) is 12.5. The van der Waals surface area contributed by atoms with Crippen molar-refractivity contribution in [1.29, 1.82) is 0 Å². The van der Waals surface area contributed by atoms with Gasteiger partial charge in [-0.15, -0.1) is 0 Å². The predicted molar refractivity (Wildman–Crippen MR) is 80.1 cm³/mol. The van der Waals surface area contributed by atoms with Gasteiger partial charge in [-0.2, -0.15) is 0 Å².